The van der Waals surface area contributed by atoms with Crippen LogP contribution in [0.15, 0.2) is 59.6 Å². The maximum atomic E-state index is 12.7. The fourth-order valence-electron chi connectivity index (χ4n) is 4.06. The van der Waals surface area contributed by atoms with Gasteiger partial charge in [0, 0.05) is 31.6 Å². The predicted octanol–water partition coefficient (Wildman–Crippen LogP) is 2.86. The minimum absolute atomic E-state index is 0.0842. The summed E-state index contributed by atoms with van der Waals surface area (Å²) < 4.78 is 0. The molecule has 1 fully saturated rings. The normalized spacial score (nSPS) is 17.4. The third-order valence-corrected chi connectivity index (χ3v) is 6.03. The average molecular weight is 391 g/mol. The average Bonchev–Trinajstić information content (AvgIpc) is 3.57. The third kappa shape index (κ3) is 4.61. The van der Waals surface area contributed by atoms with Crippen LogP contribution in [0.1, 0.15) is 36.5 Å². The van der Waals surface area contributed by atoms with Crippen molar-refractivity contribution in [2.75, 3.05) is 26.2 Å². The molecule has 1 heterocycles. The largest absolute Gasteiger partial charge is 0.357 e. The Bertz CT molecular complexity index is 873. The summed E-state index contributed by atoms with van der Waals surface area (Å²) in [6.07, 6.45) is 3.30. The van der Waals surface area contributed by atoms with E-state index in [1.807, 2.05) is 17.9 Å². The van der Waals surface area contributed by atoms with Crippen LogP contribution < -0.4 is 10.6 Å². The van der Waals surface area contributed by atoms with Gasteiger partial charge in [-0.3, -0.25) is 4.79 Å². The van der Waals surface area contributed by atoms with Gasteiger partial charge < -0.3 is 15.5 Å². The second kappa shape index (κ2) is 8.68. The Hall–Kier alpha value is -2.82. The molecule has 0 aromatic heterocycles. The minimum atomic E-state index is 0.0842. The molecular formula is C24H30N4O. The zero-order valence-electron chi connectivity index (χ0n) is 17.2. The van der Waals surface area contributed by atoms with Gasteiger partial charge in [0.25, 0.3) is 0 Å². The molecule has 2 aliphatic rings. The molecule has 0 saturated heterocycles. The first kappa shape index (κ1) is 19.5. The lowest BCUT2D eigenvalue weighted by Crippen LogP contribution is -2.42. The minimum Gasteiger partial charge on any atom is -0.357 e. The molecule has 0 spiro atoms. The molecule has 2 N–H and O–H groups in total. The van der Waals surface area contributed by atoms with E-state index in [-0.39, 0.29) is 17.9 Å². The Morgan fingerprint density at radius 3 is 2.48 bits per heavy atom. The molecule has 1 aliphatic heterocycles. The zero-order chi connectivity index (χ0) is 20.1. The number of aliphatic imine (C=N–C) groups is 1. The fourth-order valence-corrected chi connectivity index (χ4v) is 4.06. The quantitative estimate of drug-likeness (QED) is 0.589. The lowest BCUT2D eigenvalue weighted by Gasteiger charge is -2.28. The molecule has 2 aromatic rings. The molecule has 0 radical (unpaired) electrons. The van der Waals surface area contributed by atoms with Gasteiger partial charge in [0.2, 0.25) is 5.91 Å². The van der Waals surface area contributed by atoms with Crippen LogP contribution in [0.2, 0.25) is 0 Å². The van der Waals surface area contributed by atoms with E-state index >= 15 is 0 Å². The summed E-state index contributed by atoms with van der Waals surface area (Å²) in [7, 11) is 0. The zero-order valence-corrected chi connectivity index (χ0v) is 17.2. The van der Waals surface area contributed by atoms with Crippen LogP contribution in [0.25, 0.3) is 0 Å². The van der Waals surface area contributed by atoms with Crippen molar-refractivity contribution in [3.05, 3.63) is 71.3 Å². The molecule has 1 aliphatic carbocycles. The first-order valence-corrected chi connectivity index (χ1v) is 10.6. The molecule has 29 heavy (non-hydrogen) atoms. The topological polar surface area (TPSA) is 56.7 Å². The van der Waals surface area contributed by atoms with Crippen molar-refractivity contribution in [3.8, 4) is 0 Å². The predicted molar refractivity (Wildman–Crippen MR) is 117 cm³/mol. The number of amides is 1. The molecule has 1 amide bonds. The third-order valence-electron chi connectivity index (χ3n) is 6.03. The number of carbonyl (C=O) groups is 1. The Kier molecular flexibility index (Phi) is 5.84. The van der Waals surface area contributed by atoms with Gasteiger partial charge >= 0.3 is 0 Å². The molecule has 2 aromatic carbocycles. The Morgan fingerprint density at radius 1 is 1.03 bits per heavy atom. The number of nitrogens with zero attached hydrogens (tertiary/aromatic N) is 2. The molecule has 5 heteroatoms. The van der Waals surface area contributed by atoms with E-state index < -0.39 is 0 Å². The van der Waals surface area contributed by atoms with Crippen molar-refractivity contribution in [1.29, 1.82) is 0 Å². The number of benzene rings is 2. The van der Waals surface area contributed by atoms with E-state index in [0.29, 0.717) is 6.54 Å². The van der Waals surface area contributed by atoms with Crippen LogP contribution in [0, 0.1) is 0 Å². The van der Waals surface area contributed by atoms with Crippen molar-refractivity contribution < 1.29 is 4.79 Å². The van der Waals surface area contributed by atoms with Crippen LogP contribution in [0.5, 0.6) is 0 Å². The van der Waals surface area contributed by atoms with Crippen LogP contribution in [0.4, 0.5) is 0 Å². The molecule has 0 bridgehead atoms. The number of carbonyl (C=O) groups excluding carboxylic acids is 1. The van der Waals surface area contributed by atoms with E-state index in [1.54, 1.807) is 0 Å². The van der Waals surface area contributed by atoms with E-state index in [4.69, 9.17) is 0 Å². The Morgan fingerprint density at radius 2 is 1.76 bits per heavy atom. The van der Waals surface area contributed by atoms with Gasteiger partial charge in [0.15, 0.2) is 5.96 Å². The monoisotopic (exact) mass is 390 g/mol. The fraction of sp³-hybridized carbons (Fsp3) is 0.417. The number of guanidine groups is 1. The highest BCUT2D eigenvalue weighted by Crippen LogP contribution is 2.47. The van der Waals surface area contributed by atoms with E-state index in [2.05, 4.69) is 64.2 Å². The second-order valence-corrected chi connectivity index (χ2v) is 8.03. The standard InChI is InChI=1S/C24H30N4O/c1-2-25-23(27-18-24(13-14-24)21-10-4-3-5-11-21)26-16-22(29)28-15-12-19-8-6-7-9-20(19)17-28/h3-11H,2,12-18H2,1H3,(H2,25,26,27). The molecular weight excluding hydrogens is 360 g/mol. The van der Waals surface area contributed by atoms with Gasteiger partial charge in [-0.1, -0.05) is 54.6 Å². The van der Waals surface area contributed by atoms with Crippen molar-refractivity contribution in [2.24, 2.45) is 4.99 Å². The number of fused-ring (bicyclic) bond motifs is 1. The van der Waals surface area contributed by atoms with E-state index in [0.717, 1.165) is 32.0 Å². The first-order valence-electron chi connectivity index (χ1n) is 10.6. The van der Waals surface area contributed by atoms with Crippen LogP contribution in [0.3, 0.4) is 0 Å². The number of rotatable bonds is 6. The van der Waals surface area contributed by atoms with Crippen molar-refractivity contribution in [2.45, 2.75) is 38.1 Å². The van der Waals surface area contributed by atoms with Gasteiger partial charge in [-0.25, -0.2) is 4.99 Å². The highest BCUT2D eigenvalue weighted by molar-refractivity contribution is 5.85. The van der Waals surface area contributed by atoms with Crippen LogP contribution >= 0.6 is 0 Å². The lowest BCUT2D eigenvalue weighted by molar-refractivity contribution is -0.130. The van der Waals surface area contributed by atoms with Gasteiger partial charge in [-0.2, -0.15) is 0 Å². The van der Waals surface area contributed by atoms with Crippen molar-refractivity contribution in [3.63, 3.8) is 0 Å². The molecule has 0 unspecified atom stereocenters. The summed E-state index contributed by atoms with van der Waals surface area (Å²) in [6.45, 7) is 5.29. The summed E-state index contributed by atoms with van der Waals surface area (Å²) >= 11 is 0. The van der Waals surface area contributed by atoms with Crippen LogP contribution in [-0.4, -0.2) is 42.9 Å². The number of hydrogen-bond donors (Lipinski definition) is 2. The van der Waals surface area contributed by atoms with Crippen molar-refractivity contribution >= 4 is 11.9 Å². The molecule has 4 rings (SSSR count). The van der Waals surface area contributed by atoms with E-state index in [1.165, 1.54) is 29.5 Å². The first-order chi connectivity index (χ1) is 14.2. The molecule has 152 valence electrons. The second-order valence-electron chi connectivity index (χ2n) is 8.03. The summed E-state index contributed by atoms with van der Waals surface area (Å²) in [6, 6.07) is 19.0. The van der Waals surface area contributed by atoms with E-state index in [9.17, 15) is 4.79 Å². The summed E-state index contributed by atoms with van der Waals surface area (Å²) in [5, 5.41) is 6.74. The maximum absolute atomic E-state index is 12.7. The maximum Gasteiger partial charge on any atom is 0.244 e. The van der Waals surface area contributed by atoms with Crippen LogP contribution in [-0.2, 0) is 23.2 Å². The molecule has 1 saturated carbocycles. The van der Waals surface area contributed by atoms with Gasteiger partial charge in [-0.05, 0) is 42.9 Å². The van der Waals surface area contributed by atoms with Gasteiger partial charge in [0.05, 0.1) is 0 Å². The van der Waals surface area contributed by atoms with Gasteiger partial charge in [-0.15, -0.1) is 0 Å². The van der Waals surface area contributed by atoms with Crippen molar-refractivity contribution in [1.82, 2.24) is 15.5 Å². The highest BCUT2D eigenvalue weighted by Gasteiger charge is 2.44. The molecule has 0 atom stereocenters. The Balaban J connectivity index is 1.34. The highest BCUT2D eigenvalue weighted by atomic mass is 16.2. The summed E-state index contributed by atoms with van der Waals surface area (Å²) in [5.74, 6) is 0.807. The number of nitrogens with one attached hydrogen (secondary N) is 2. The van der Waals surface area contributed by atoms with Gasteiger partial charge in [0.1, 0.15) is 6.54 Å². The number of hydrogen-bond acceptors (Lipinski definition) is 2. The summed E-state index contributed by atoms with van der Waals surface area (Å²) in [5.41, 5.74) is 4.19. The summed E-state index contributed by atoms with van der Waals surface area (Å²) in [4.78, 5) is 19.2. The molecule has 5 nitrogen and oxygen atoms in total. The Labute approximate surface area is 173 Å². The lowest BCUT2D eigenvalue weighted by atomic mass is 9.96. The SMILES string of the molecule is CCNC(=NCC(=O)N1CCc2ccccc2C1)NCC1(c2ccccc2)CC1. The smallest absolute Gasteiger partial charge is 0.244 e.